The van der Waals surface area contributed by atoms with E-state index in [2.05, 4.69) is 25.9 Å². The Balaban J connectivity index is 2.57. The molecule has 82 valence electrons. The number of aromatic amines is 1. The molecule has 0 aliphatic rings. The molecular weight excluding hydrogens is 272 g/mol. The number of nitrogens with one attached hydrogen (secondary N) is 1. The van der Waals surface area contributed by atoms with Crippen molar-refractivity contribution in [2.45, 2.75) is 6.92 Å². The van der Waals surface area contributed by atoms with Crippen LogP contribution in [0.4, 0.5) is 0 Å². The zero-order valence-electron chi connectivity index (χ0n) is 8.49. The summed E-state index contributed by atoms with van der Waals surface area (Å²) in [5.41, 5.74) is 1.47. The van der Waals surface area contributed by atoms with Gasteiger partial charge in [0, 0.05) is 5.56 Å². The number of H-pyrrole nitrogens is 1. The summed E-state index contributed by atoms with van der Waals surface area (Å²) >= 11 is 2.94. The van der Waals surface area contributed by atoms with Gasteiger partial charge in [-0.25, -0.2) is 0 Å². The standard InChI is InChI=1S/C11H9BrN2O2/c1-6-2-4-7(5-3-6)9-13-10(15)8(12)11(16)14-9/h2-5H,1H3,(H2,13,14,15,16). The van der Waals surface area contributed by atoms with E-state index in [1.165, 1.54) is 0 Å². The second-order valence-corrected chi connectivity index (χ2v) is 4.21. The first-order valence-electron chi connectivity index (χ1n) is 4.64. The van der Waals surface area contributed by atoms with Crippen molar-refractivity contribution in [3.63, 3.8) is 0 Å². The van der Waals surface area contributed by atoms with Crippen LogP contribution in [-0.4, -0.2) is 15.1 Å². The second-order valence-electron chi connectivity index (χ2n) is 3.42. The number of benzene rings is 1. The zero-order chi connectivity index (χ0) is 11.7. The number of nitrogens with zero attached hydrogens (tertiary/aromatic N) is 1. The van der Waals surface area contributed by atoms with E-state index >= 15 is 0 Å². The van der Waals surface area contributed by atoms with E-state index in [-0.39, 0.29) is 10.4 Å². The summed E-state index contributed by atoms with van der Waals surface area (Å²) in [7, 11) is 0. The summed E-state index contributed by atoms with van der Waals surface area (Å²) < 4.78 is 0.0448. The van der Waals surface area contributed by atoms with Crippen molar-refractivity contribution < 1.29 is 5.11 Å². The van der Waals surface area contributed by atoms with Crippen LogP contribution in [0.2, 0.25) is 0 Å². The van der Waals surface area contributed by atoms with Crippen LogP contribution in [-0.2, 0) is 0 Å². The molecule has 1 heterocycles. The molecular formula is C11H9BrN2O2. The Labute approximate surface area is 100 Å². The SMILES string of the molecule is Cc1ccc(-c2nc(O)c(Br)c(=O)[nH]2)cc1. The number of hydrogen-bond donors (Lipinski definition) is 2. The van der Waals surface area contributed by atoms with Crippen molar-refractivity contribution >= 4 is 15.9 Å². The van der Waals surface area contributed by atoms with Gasteiger partial charge in [-0.2, -0.15) is 4.98 Å². The Bertz CT molecular complexity index is 576. The zero-order valence-corrected chi connectivity index (χ0v) is 10.1. The lowest BCUT2D eigenvalue weighted by Crippen LogP contribution is -2.09. The van der Waals surface area contributed by atoms with Gasteiger partial charge in [0.1, 0.15) is 10.3 Å². The van der Waals surface area contributed by atoms with Gasteiger partial charge in [-0.05, 0) is 22.9 Å². The van der Waals surface area contributed by atoms with Crippen LogP contribution < -0.4 is 5.56 Å². The first-order chi connectivity index (χ1) is 7.58. The highest BCUT2D eigenvalue weighted by Crippen LogP contribution is 2.20. The number of aromatic hydroxyl groups is 1. The van der Waals surface area contributed by atoms with Crippen molar-refractivity contribution in [2.24, 2.45) is 0 Å². The number of aromatic nitrogens is 2. The van der Waals surface area contributed by atoms with E-state index in [0.717, 1.165) is 11.1 Å². The van der Waals surface area contributed by atoms with E-state index in [9.17, 15) is 9.90 Å². The Morgan fingerprint density at radius 2 is 1.94 bits per heavy atom. The molecule has 0 amide bonds. The third kappa shape index (κ3) is 1.99. The number of halogens is 1. The molecule has 0 spiro atoms. The molecule has 0 saturated carbocycles. The maximum absolute atomic E-state index is 11.4. The van der Waals surface area contributed by atoms with E-state index < -0.39 is 5.56 Å². The van der Waals surface area contributed by atoms with Crippen molar-refractivity contribution in [3.8, 4) is 17.3 Å². The van der Waals surface area contributed by atoms with E-state index in [1.807, 2.05) is 31.2 Å². The molecule has 0 radical (unpaired) electrons. The molecule has 1 aromatic heterocycles. The average Bonchev–Trinajstić information content (AvgIpc) is 2.26. The van der Waals surface area contributed by atoms with Crippen molar-refractivity contribution in [1.29, 1.82) is 0 Å². The second kappa shape index (κ2) is 4.09. The largest absolute Gasteiger partial charge is 0.492 e. The molecule has 1 aromatic carbocycles. The van der Waals surface area contributed by atoms with Gasteiger partial charge in [-0.3, -0.25) is 4.79 Å². The predicted molar refractivity (Wildman–Crippen MR) is 64.4 cm³/mol. The van der Waals surface area contributed by atoms with Crippen molar-refractivity contribution in [2.75, 3.05) is 0 Å². The third-order valence-corrected chi connectivity index (χ3v) is 2.89. The van der Waals surface area contributed by atoms with Gasteiger partial charge in [0.15, 0.2) is 0 Å². The molecule has 2 aromatic rings. The minimum atomic E-state index is -0.400. The predicted octanol–water partition coefficient (Wildman–Crippen LogP) is 2.21. The Morgan fingerprint density at radius 3 is 2.50 bits per heavy atom. The highest BCUT2D eigenvalue weighted by Gasteiger charge is 2.08. The van der Waals surface area contributed by atoms with E-state index in [1.54, 1.807) is 0 Å². The van der Waals surface area contributed by atoms with Crippen LogP contribution in [0.3, 0.4) is 0 Å². The van der Waals surface area contributed by atoms with Gasteiger partial charge in [-0.1, -0.05) is 29.8 Å². The van der Waals surface area contributed by atoms with Gasteiger partial charge >= 0.3 is 0 Å². The van der Waals surface area contributed by atoms with Crippen molar-refractivity contribution in [3.05, 3.63) is 44.7 Å². The highest BCUT2D eigenvalue weighted by molar-refractivity contribution is 9.10. The third-order valence-electron chi connectivity index (χ3n) is 2.17. The van der Waals surface area contributed by atoms with Crippen LogP contribution in [0.5, 0.6) is 5.88 Å². The fourth-order valence-electron chi connectivity index (χ4n) is 1.30. The fourth-order valence-corrected chi connectivity index (χ4v) is 1.48. The van der Waals surface area contributed by atoms with Gasteiger partial charge < -0.3 is 10.1 Å². The molecule has 0 fully saturated rings. The minimum Gasteiger partial charge on any atom is -0.492 e. The van der Waals surface area contributed by atoms with Gasteiger partial charge in [0.05, 0.1) is 0 Å². The number of rotatable bonds is 1. The fraction of sp³-hybridized carbons (Fsp3) is 0.0909. The molecule has 2 N–H and O–H groups in total. The summed E-state index contributed by atoms with van der Waals surface area (Å²) in [6.45, 7) is 1.97. The molecule has 0 aliphatic heterocycles. The summed E-state index contributed by atoms with van der Waals surface area (Å²) in [5.74, 6) is 0.0463. The summed E-state index contributed by atoms with van der Waals surface area (Å²) in [6.07, 6.45) is 0. The monoisotopic (exact) mass is 280 g/mol. The molecule has 0 atom stereocenters. The smallest absolute Gasteiger partial charge is 0.269 e. The number of aryl methyl sites for hydroxylation is 1. The van der Waals surface area contributed by atoms with Crippen LogP contribution in [0.15, 0.2) is 33.5 Å². The van der Waals surface area contributed by atoms with Crippen LogP contribution >= 0.6 is 15.9 Å². The lowest BCUT2D eigenvalue weighted by atomic mass is 10.1. The molecule has 0 saturated heterocycles. The Morgan fingerprint density at radius 1 is 1.31 bits per heavy atom. The van der Waals surface area contributed by atoms with Crippen LogP contribution in [0, 0.1) is 6.92 Å². The Hall–Kier alpha value is -1.62. The first kappa shape index (κ1) is 10.9. The minimum absolute atomic E-state index is 0.0448. The molecule has 2 rings (SSSR count). The lowest BCUT2D eigenvalue weighted by Gasteiger charge is -2.02. The molecule has 5 heteroatoms. The van der Waals surface area contributed by atoms with Crippen molar-refractivity contribution in [1.82, 2.24) is 9.97 Å². The summed E-state index contributed by atoms with van der Waals surface area (Å²) in [6, 6.07) is 7.49. The molecule has 16 heavy (non-hydrogen) atoms. The van der Waals surface area contributed by atoms with E-state index in [4.69, 9.17) is 0 Å². The topological polar surface area (TPSA) is 66.0 Å². The van der Waals surface area contributed by atoms with Gasteiger partial charge in [0.25, 0.3) is 5.56 Å². The Kier molecular flexibility index (Phi) is 2.78. The summed E-state index contributed by atoms with van der Waals surface area (Å²) in [4.78, 5) is 17.9. The quantitative estimate of drug-likeness (QED) is 0.842. The van der Waals surface area contributed by atoms with Gasteiger partial charge in [0.2, 0.25) is 5.88 Å². The van der Waals surface area contributed by atoms with Gasteiger partial charge in [-0.15, -0.1) is 0 Å². The van der Waals surface area contributed by atoms with E-state index in [0.29, 0.717) is 5.82 Å². The first-order valence-corrected chi connectivity index (χ1v) is 5.43. The summed E-state index contributed by atoms with van der Waals surface area (Å²) in [5, 5.41) is 9.42. The maximum atomic E-state index is 11.4. The lowest BCUT2D eigenvalue weighted by molar-refractivity contribution is 0.448. The molecule has 0 aliphatic carbocycles. The molecule has 0 unspecified atom stereocenters. The molecule has 0 bridgehead atoms. The van der Waals surface area contributed by atoms with Crippen LogP contribution in [0.1, 0.15) is 5.56 Å². The normalized spacial score (nSPS) is 10.4. The average molecular weight is 281 g/mol. The number of hydrogen-bond acceptors (Lipinski definition) is 3. The maximum Gasteiger partial charge on any atom is 0.269 e. The highest BCUT2D eigenvalue weighted by atomic mass is 79.9. The van der Waals surface area contributed by atoms with Crippen LogP contribution in [0.25, 0.3) is 11.4 Å². The molecule has 4 nitrogen and oxygen atoms in total.